The van der Waals surface area contributed by atoms with Crippen molar-refractivity contribution in [1.29, 1.82) is 0 Å². The van der Waals surface area contributed by atoms with Crippen LogP contribution in [0.2, 0.25) is 0 Å². The van der Waals surface area contributed by atoms with E-state index in [1.54, 1.807) is 0 Å². The Morgan fingerprint density at radius 2 is 1.83 bits per heavy atom. The first-order valence-electron chi connectivity index (χ1n) is 5.13. The van der Waals surface area contributed by atoms with Crippen molar-refractivity contribution in [3.8, 4) is 5.75 Å². The van der Waals surface area contributed by atoms with E-state index < -0.39 is 10.0 Å². The molecule has 0 saturated carbocycles. The molecular weight excluding hydrogens is 256 g/mol. The lowest BCUT2D eigenvalue weighted by atomic mass is 10.2. The fourth-order valence-electron chi connectivity index (χ4n) is 1.06. The molecule has 0 aliphatic carbocycles. The molecule has 0 unspecified atom stereocenters. The maximum atomic E-state index is 11.0. The largest absolute Gasteiger partial charge is 0.496 e. The highest BCUT2D eigenvalue weighted by Gasteiger charge is 2.10. The quantitative estimate of drug-likeness (QED) is 0.811. The van der Waals surface area contributed by atoms with Gasteiger partial charge in [0.05, 0.1) is 18.6 Å². The fraction of sp³-hybridized carbons (Fsp3) is 0.455. The molecule has 0 bridgehead atoms. The van der Waals surface area contributed by atoms with Crippen LogP contribution in [0.4, 0.5) is 0 Å². The van der Waals surface area contributed by atoms with Crippen molar-refractivity contribution in [1.82, 2.24) is 4.90 Å². The van der Waals surface area contributed by atoms with E-state index in [2.05, 4.69) is 0 Å². The Morgan fingerprint density at radius 1 is 1.33 bits per heavy atom. The zero-order chi connectivity index (χ0) is 14.3. The second kappa shape index (κ2) is 7.32. The smallest absolute Gasteiger partial charge is 0.238 e. The molecule has 1 aromatic rings. The van der Waals surface area contributed by atoms with E-state index in [0.717, 1.165) is 0 Å². The van der Waals surface area contributed by atoms with Gasteiger partial charge in [0.15, 0.2) is 0 Å². The highest BCUT2D eigenvalue weighted by molar-refractivity contribution is 7.89. The third kappa shape index (κ3) is 5.97. The minimum Gasteiger partial charge on any atom is -0.496 e. The van der Waals surface area contributed by atoms with E-state index in [1.165, 1.54) is 25.3 Å². The molecule has 104 valence electrons. The molecule has 0 spiro atoms. The molecule has 1 aromatic carbocycles. The van der Waals surface area contributed by atoms with Gasteiger partial charge in [-0.2, -0.15) is 0 Å². The number of hydrogen-bond donors (Lipinski definition) is 2. The van der Waals surface area contributed by atoms with Gasteiger partial charge >= 0.3 is 0 Å². The van der Waals surface area contributed by atoms with E-state index in [0.29, 0.717) is 11.3 Å². The highest BCUT2D eigenvalue weighted by atomic mass is 32.2. The molecule has 1 rings (SSSR count). The Morgan fingerprint density at radius 3 is 2.17 bits per heavy atom. The van der Waals surface area contributed by atoms with Crippen molar-refractivity contribution in [2.24, 2.45) is 5.14 Å². The minimum atomic E-state index is -3.73. The molecule has 0 aliphatic heterocycles. The maximum Gasteiger partial charge on any atom is 0.238 e. The number of ether oxygens (including phenoxy) is 1. The Balaban J connectivity index is 0.000000631. The number of primary sulfonamides is 1. The lowest BCUT2D eigenvalue weighted by molar-refractivity contribution is 0.273. The van der Waals surface area contributed by atoms with Gasteiger partial charge in [0, 0.05) is 5.56 Å². The Kier molecular flexibility index (Phi) is 6.85. The van der Waals surface area contributed by atoms with Crippen LogP contribution in [-0.4, -0.2) is 46.7 Å². The molecule has 0 aromatic heterocycles. The summed E-state index contributed by atoms with van der Waals surface area (Å²) in [6.45, 7) is -0.299. The second-order valence-electron chi connectivity index (χ2n) is 4.02. The van der Waals surface area contributed by atoms with Crippen LogP contribution in [0, 0.1) is 0 Å². The molecule has 18 heavy (non-hydrogen) atoms. The van der Waals surface area contributed by atoms with E-state index in [4.69, 9.17) is 15.0 Å². The van der Waals surface area contributed by atoms with Crippen molar-refractivity contribution < 1.29 is 18.3 Å². The molecule has 7 heteroatoms. The average Bonchev–Trinajstić information content (AvgIpc) is 2.26. The van der Waals surface area contributed by atoms with Crippen LogP contribution in [0.5, 0.6) is 5.75 Å². The first-order chi connectivity index (χ1) is 8.22. The van der Waals surface area contributed by atoms with Crippen LogP contribution in [-0.2, 0) is 16.6 Å². The molecule has 0 radical (unpaired) electrons. The molecule has 0 atom stereocenters. The summed E-state index contributed by atoms with van der Waals surface area (Å²) in [4.78, 5) is 1.96. The van der Waals surface area contributed by atoms with Gasteiger partial charge in [-0.25, -0.2) is 13.6 Å². The van der Waals surface area contributed by atoms with Crippen LogP contribution in [0.25, 0.3) is 0 Å². The predicted octanol–water partition coefficient (Wildman–Crippen LogP) is 0.0127. The van der Waals surface area contributed by atoms with Gasteiger partial charge in [-0.3, -0.25) is 0 Å². The van der Waals surface area contributed by atoms with Crippen LogP contribution in [0.3, 0.4) is 0 Å². The van der Waals surface area contributed by atoms with Crippen molar-refractivity contribution >= 4 is 10.0 Å². The normalized spacial score (nSPS) is 10.8. The Bertz CT molecular complexity index is 469. The van der Waals surface area contributed by atoms with E-state index in [9.17, 15) is 8.42 Å². The summed E-state index contributed by atoms with van der Waals surface area (Å²) in [5.74, 6) is 0.430. The summed E-state index contributed by atoms with van der Waals surface area (Å²) >= 11 is 0. The molecule has 3 N–H and O–H groups in total. The number of benzene rings is 1. The van der Waals surface area contributed by atoms with Gasteiger partial charge in [-0.05, 0) is 39.3 Å². The summed E-state index contributed by atoms with van der Waals surface area (Å²) in [7, 11) is 3.71. The summed E-state index contributed by atoms with van der Waals surface area (Å²) in [6, 6.07) is 4.06. The molecule has 0 amide bonds. The van der Waals surface area contributed by atoms with Gasteiger partial charge in [-0.1, -0.05) is 0 Å². The van der Waals surface area contributed by atoms with E-state index in [1.807, 2.05) is 26.0 Å². The van der Waals surface area contributed by atoms with Crippen LogP contribution >= 0.6 is 0 Å². The third-order valence-corrected chi connectivity index (χ3v) is 2.66. The standard InChI is InChI=1S/C8H11NO4S.C3H9N/c1-13-8-3-2-7(14(9,11)12)4-6(8)5-10;1-4(2)3/h2-4,10H,5H2,1H3,(H2,9,11,12);1-3H3. The SMILES string of the molecule is CN(C)C.COc1ccc(S(N)(=O)=O)cc1CO. The second-order valence-corrected chi connectivity index (χ2v) is 5.58. The number of nitrogens with two attached hydrogens (primary N) is 1. The van der Waals surface area contributed by atoms with Crippen molar-refractivity contribution in [3.63, 3.8) is 0 Å². The molecule has 0 aliphatic rings. The molecule has 0 fully saturated rings. The highest BCUT2D eigenvalue weighted by Crippen LogP contribution is 2.21. The van der Waals surface area contributed by atoms with Crippen molar-refractivity contribution in [3.05, 3.63) is 23.8 Å². The first kappa shape index (κ1) is 16.9. The number of nitrogens with zero attached hydrogens (tertiary/aromatic N) is 1. The summed E-state index contributed by atoms with van der Waals surface area (Å²) in [6.07, 6.45) is 0. The van der Waals surface area contributed by atoms with Gasteiger partial charge < -0.3 is 14.7 Å². The molecule has 0 saturated heterocycles. The minimum absolute atomic E-state index is 0.0395. The van der Waals surface area contributed by atoms with E-state index in [-0.39, 0.29) is 11.5 Å². The monoisotopic (exact) mass is 276 g/mol. The lowest BCUT2D eigenvalue weighted by Gasteiger charge is -2.07. The van der Waals surface area contributed by atoms with Crippen LogP contribution in [0.1, 0.15) is 5.56 Å². The van der Waals surface area contributed by atoms with Gasteiger partial charge in [0.1, 0.15) is 5.75 Å². The van der Waals surface area contributed by atoms with Crippen molar-refractivity contribution in [2.75, 3.05) is 28.3 Å². The maximum absolute atomic E-state index is 11.0. The number of hydrogen-bond acceptors (Lipinski definition) is 5. The zero-order valence-electron chi connectivity index (χ0n) is 11.0. The zero-order valence-corrected chi connectivity index (χ0v) is 11.9. The van der Waals surface area contributed by atoms with Gasteiger partial charge in [0.2, 0.25) is 10.0 Å². The molecule has 6 nitrogen and oxygen atoms in total. The summed E-state index contributed by atoms with van der Waals surface area (Å²) < 4.78 is 26.8. The number of sulfonamides is 1. The van der Waals surface area contributed by atoms with Gasteiger partial charge in [0.25, 0.3) is 0 Å². The van der Waals surface area contributed by atoms with Crippen LogP contribution in [0.15, 0.2) is 23.1 Å². The Hall–Kier alpha value is -1.15. The first-order valence-corrected chi connectivity index (χ1v) is 6.68. The molecular formula is C11H20N2O4S. The Labute approximate surface area is 108 Å². The predicted molar refractivity (Wildman–Crippen MR) is 69.9 cm³/mol. The fourth-order valence-corrected chi connectivity index (χ4v) is 1.62. The van der Waals surface area contributed by atoms with E-state index >= 15 is 0 Å². The third-order valence-electron chi connectivity index (χ3n) is 1.75. The van der Waals surface area contributed by atoms with Crippen LogP contribution < -0.4 is 9.88 Å². The summed E-state index contributed by atoms with van der Waals surface area (Å²) in [5.41, 5.74) is 0.388. The average molecular weight is 276 g/mol. The number of rotatable bonds is 3. The van der Waals surface area contributed by atoms with Crippen molar-refractivity contribution in [2.45, 2.75) is 11.5 Å². The molecule has 0 heterocycles. The number of aliphatic hydroxyl groups excluding tert-OH is 1. The number of aliphatic hydroxyl groups is 1. The topological polar surface area (TPSA) is 92.9 Å². The number of methoxy groups -OCH3 is 1. The van der Waals surface area contributed by atoms with Gasteiger partial charge in [-0.15, -0.1) is 0 Å². The lowest BCUT2D eigenvalue weighted by Crippen LogP contribution is -2.12. The summed E-state index contributed by atoms with van der Waals surface area (Å²) in [5, 5.41) is 13.8.